The molecule has 9 heteroatoms. The van der Waals surface area contributed by atoms with E-state index >= 15 is 0 Å². The van der Waals surface area contributed by atoms with Gasteiger partial charge >= 0.3 is 0 Å². The summed E-state index contributed by atoms with van der Waals surface area (Å²) in [7, 11) is 0. The van der Waals surface area contributed by atoms with E-state index in [1.807, 2.05) is 60.2 Å². The van der Waals surface area contributed by atoms with Crippen molar-refractivity contribution in [3.63, 3.8) is 0 Å². The zero-order valence-corrected chi connectivity index (χ0v) is 22.2. The second-order valence-corrected chi connectivity index (χ2v) is 9.56. The van der Waals surface area contributed by atoms with E-state index in [9.17, 15) is 4.79 Å². The average molecular weight is 525 g/mol. The fourth-order valence-corrected chi connectivity index (χ4v) is 4.79. The number of amides is 1. The van der Waals surface area contributed by atoms with E-state index in [-0.39, 0.29) is 12.5 Å². The first kappa shape index (κ1) is 26.9. The Balaban J connectivity index is 1.41. The number of carbonyl (C=O) groups excluding carboxylic acids is 1. The SMILES string of the molecule is CCCN(CC=NC(C)=O)c1ccc(OC[C@H]2OC[C@](Cn3ccnc3)(c3ccc(C)cc3Cl)O2)cc1. The second kappa shape index (κ2) is 12.4. The molecular formula is C28H33ClN4O4. The number of halogens is 1. The molecular weight excluding hydrogens is 492 g/mol. The van der Waals surface area contributed by atoms with Gasteiger partial charge in [0.15, 0.2) is 6.29 Å². The van der Waals surface area contributed by atoms with Crippen LogP contribution in [-0.4, -0.2) is 54.3 Å². The molecule has 1 amide bonds. The third kappa shape index (κ3) is 6.97. The maximum atomic E-state index is 11.1. The molecule has 0 unspecified atom stereocenters. The summed E-state index contributed by atoms with van der Waals surface area (Å²) in [6.45, 7) is 8.08. The topological polar surface area (TPSA) is 78.2 Å². The average Bonchev–Trinajstić information content (AvgIpc) is 3.53. The number of aliphatic imine (C=N–C) groups is 1. The van der Waals surface area contributed by atoms with Crippen LogP contribution in [0.1, 0.15) is 31.4 Å². The van der Waals surface area contributed by atoms with Crippen LogP contribution < -0.4 is 9.64 Å². The van der Waals surface area contributed by atoms with Crippen LogP contribution >= 0.6 is 11.6 Å². The normalized spacial score (nSPS) is 19.4. The molecule has 0 radical (unpaired) electrons. The van der Waals surface area contributed by atoms with Gasteiger partial charge in [-0.15, -0.1) is 0 Å². The third-order valence-electron chi connectivity index (χ3n) is 6.13. The molecule has 0 saturated carbocycles. The maximum absolute atomic E-state index is 11.1. The Hall–Kier alpha value is -3.20. The lowest BCUT2D eigenvalue weighted by atomic mass is 9.93. The number of carbonyl (C=O) groups is 1. The summed E-state index contributed by atoms with van der Waals surface area (Å²) in [5.41, 5.74) is 2.24. The highest BCUT2D eigenvalue weighted by molar-refractivity contribution is 6.31. The summed E-state index contributed by atoms with van der Waals surface area (Å²) in [4.78, 5) is 21.3. The monoisotopic (exact) mass is 524 g/mol. The van der Waals surface area contributed by atoms with E-state index in [0.717, 1.165) is 29.8 Å². The molecule has 196 valence electrons. The van der Waals surface area contributed by atoms with Gasteiger partial charge in [0.25, 0.3) is 0 Å². The van der Waals surface area contributed by atoms with Gasteiger partial charge in [0.05, 0.1) is 26.0 Å². The molecule has 1 fully saturated rings. The van der Waals surface area contributed by atoms with Crippen LogP contribution in [0.15, 0.2) is 66.2 Å². The fourth-order valence-electron chi connectivity index (χ4n) is 4.38. The number of ether oxygens (including phenoxy) is 3. The largest absolute Gasteiger partial charge is 0.488 e. The van der Waals surface area contributed by atoms with Gasteiger partial charge < -0.3 is 23.7 Å². The second-order valence-electron chi connectivity index (χ2n) is 9.15. The van der Waals surface area contributed by atoms with E-state index < -0.39 is 11.9 Å². The maximum Gasteiger partial charge on any atom is 0.242 e. The highest BCUT2D eigenvalue weighted by atomic mass is 35.5. The van der Waals surface area contributed by atoms with Gasteiger partial charge in [0.1, 0.15) is 18.0 Å². The van der Waals surface area contributed by atoms with Crippen molar-refractivity contribution in [1.82, 2.24) is 9.55 Å². The Bertz CT molecular complexity index is 1200. The lowest BCUT2D eigenvalue weighted by molar-refractivity contribution is -0.116. The van der Waals surface area contributed by atoms with Crippen molar-refractivity contribution in [2.75, 3.05) is 31.2 Å². The van der Waals surface area contributed by atoms with Crippen LogP contribution in [0.2, 0.25) is 5.02 Å². The number of hydrogen-bond acceptors (Lipinski definition) is 6. The number of rotatable bonds is 11. The lowest BCUT2D eigenvalue weighted by Gasteiger charge is -2.29. The molecule has 8 nitrogen and oxygen atoms in total. The quantitative estimate of drug-likeness (QED) is 0.327. The molecule has 0 N–H and O–H groups in total. The molecule has 4 rings (SSSR count). The van der Waals surface area contributed by atoms with Crippen molar-refractivity contribution in [3.8, 4) is 5.75 Å². The fraction of sp³-hybridized carbons (Fsp3) is 0.393. The zero-order chi connectivity index (χ0) is 26.3. The summed E-state index contributed by atoms with van der Waals surface area (Å²) in [5.74, 6) is 0.514. The summed E-state index contributed by atoms with van der Waals surface area (Å²) in [6.07, 6.45) is 7.46. The molecule has 2 heterocycles. The molecule has 1 saturated heterocycles. The molecule has 2 aromatic carbocycles. The summed E-state index contributed by atoms with van der Waals surface area (Å²) in [5, 5.41) is 0.644. The number of aromatic nitrogens is 2. The Morgan fingerprint density at radius 1 is 1.32 bits per heavy atom. The molecule has 1 aliphatic rings. The molecule has 2 atom stereocenters. The van der Waals surface area contributed by atoms with Gasteiger partial charge in [-0.1, -0.05) is 30.7 Å². The number of hydrogen-bond donors (Lipinski definition) is 0. The predicted octanol–water partition coefficient (Wildman–Crippen LogP) is 5.03. The van der Waals surface area contributed by atoms with Crippen LogP contribution in [0.3, 0.4) is 0 Å². The van der Waals surface area contributed by atoms with Gasteiger partial charge in [0, 0.05) is 48.4 Å². The first-order valence-electron chi connectivity index (χ1n) is 12.4. The van der Waals surface area contributed by atoms with Crippen molar-refractivity contribution in [2.24, 2.45) is 4.99 Å². The van der Waals surface area contributed by atoms with E-state index in [1.54, 1.807) is 18.7 Å². The van der Waals surface area contributed by atoms with E-state index in [4.69, 9.17) is 25.8 Å². The summed E-state index contributed by atoms with van der Waals surface area (Å²) < 4.78 is 20.5. The van der Waals surface area contributed by atoms with Gasteiger partial charge in [-0.2, -0.15) is 0 Å². The van der Waals surface area contributed by atoms with E-state index in [1.165, 1.54) is 6.92 Å². The first-order valence-corrected chi connectivity index (χ1v) is 12.8. The Labute approximate surface area is 222 Å². The first-order chi connectivity index (χ1) is 17.9. The van der Waals surface area contributed by atoms with Gasteiger partial charge in [-0.3, -0.25) is 4.79 Å². The van der Waals surface area contributed by atoms with Crippen LogP contribution in [0, 0.1) is 6.92 Å². The van der Waals surface area contributed by atoms with Crippen molar-refractivity contribution in [3.05, 3.63) is 77.3 Å². The predicted molar refractivity (Wildman–Crippen MR) is 145 cm³/mol. The van der Waals surface area contributed by atoms with Gasteiger partial charge in [-0.25, -0.2) is 9.98 Å². The molecule has 0 spiro atoms. The van der Waals surface area contributed by atoms with Crippen molar-refractivity contribution < 1.29 is 19.0 Å². The molecule has 1 aromatic heterocycles. The number of nitrogens with zero attached hydrogens (tertiary/aromatic N) is 4. The van der Waals surface area contributed by atoms with Crippen molar-refractivity contribution in [2.45, 2.75) is 45.6 Å². The summed E-state index contributed by atoms with van der Waals surface area (Å²) >= 11 is 6.65. The van der Waals surface area contributed by atoms with Crippen molar-refractivity contribution >= 4 is 29.4 Å². The Kier molecular flexibility index (Phi) is 8.97. The van der Waals surface area contributed by atoms with Crippen molar-refractivity contribution in [1.29, 1.82) is 0 Å². The minimum atomic E-state index is -0.758. The zero-order valence-electron chi connectivity index (χ0n) is 21.5. The van der Waals surface area contributed by atoms with E-state index in [2.05, 4.69) is 21.8 Å². The minimum absolute atomic E-state index is 0.199. The Morgan fingerprint density at radius 3 is 2.81 bits per heavy atom. The Morgan fingerprint density at radius 2 is 2.14 bits per heavy atom. The molecule has 3 aromatic rings. The number of imidazole rings is 1. The van der Waals surface area contributed by atoms with Gasteiger partial charge in [-0.05, 0) is 49.2 Å². The lowest BCUT2D eigenvalue weighted by Crippen LogP contribution is -2.35. The van der Waals surface area contributed by atoms with Gasteiger partial charge in [0.2, 0.25) is 5.91 Å². The number of aryl methyl sites for hydroxylation is 1. The number of anilines is 1. The van der Waals surface area contributed by atoms with E-state index in [0.29, 0.717) is 30.5 Å². The molecule has 0 bridgehead atoms. The molecule has 1 aliphatic heterocycles. The standard InChI is InChI=1S/C28H33ClN4O4/c1-4-13-33(15-12-31-22(3)34)23-6-8-24(9-7-23)35-17-27-36-19-28(37-27,18-32-14-11-30-20-32)25-10-5-21(2)16-26(25)29/h5-12,14,16,20,27H,4,13,15,17-19H2,1-3H3/t27-,28+/m0/s1. The number of benzene rings is 2. The highest BCUT2D eigenvalue weighted by Crippen LogP contribution is 2.39. The van der Waals surface area contributed by atoms with Crippen LogP contribution in [0.5, 0.6) is 5.75 Å². The third-order valence-corrected chi connectivity index (χ3v) is 6.44. The smallest absolute Gasteiger partial charge is 0.242 e. The minimum Gasteiger partial charge on any atom is -0.488 e. The summed E-state index contributed by atoms with van der Waals surface area (Å²) in [6, 6.07) is 13.8. The molecule has 37 heavy (non-hydrogen) atoms. The highest BCUT2D eigenvalue weighted by Gasteiger charge is 2.44. The molecule has 0 aliphatic carbocycles. The van der Waals surface area contributed by atoms with Crippen LogP contribution in [-0.2, 0) is 26.4 Å². The van der Waals surface area contributed by atoms with Crippen LogP contribution in [0.25, 0.3) is 0 Å². The van der Waals surface area contributed by atoms with Crippen LogP contribution in [0.4, 0.5) is 5.69 Å².